The number of carbonyl (C=O) groups excluding carboxylic acids is 2. The predicted molar refractivity (Wildman–Crippen MR) is 78.8 cm³/mol. The van der Waals surface area contributed by atoms with Gasteiger partial charge in [0.05, 0.1) is 11.7 Å². The maximum atomic E-state index is 11.7. The highest BCUT2D eigenvalue weighted by atomic mass is 16.6. The molecule has 0 spiro atoms. The molecule has 0 N–H and O–H groups in total. The topological polar surface area (TPSA) is 52.6 Å². The zero-order valence-corrected chi connectivity index (χ0v) is 12.6. The lowest BCUT2D eigenvalue weighted by Gasteiger charge is -2.16. The lowest BCUT2D eigenvalue weighted by Crippen LogP contribution is -2.16. The average molecular weight is 288 g/mol. The van der Waals surface area contributed by atoms with Crippen LogP contribution in [-0.4, -0.2) is 18.0 Å². The van der Waals surface area contributed by atoms with E-state index in [-0.39, 0.29) is 24.1 Å². The van der Waals surface area contributed by atoms with Gasteiger partial charge in [0, 0.05) is 11.1 Å². The molecule has 4 nitrogen and oxygen atoms in total. The molecule has 0 unspecified atom stereocenters. The molecule has 0 amide bonds. The van der Waals surface area contributed by atoms with Crippen LogP contribution < -0.4 is 0 Å². The van der Waals surface area contributed by atoms with Crippen LogP contribution in [0.4, 0.5) is 0 Å². The van der Waals surface area contributed by atoms with Crippen molar-refractivity contribution in [3.05, 3.63) is 47.0 Å². The Labute approximate surface area is 124 Å². The summed E-state index contributed by atoms with van der Waals surface area (Å²) < 4.78 is 10.7. The Hall–Kier alpha value is -2.10. The van der Waals surface area contributed by atoms with E-state index >= 15 is 0 Å². The van der Waals surface area contributed by atoms with Crippen molar-refractivity contribution in [2.24, 2.45) is 0 Å². The molecule has 4 heteroatoms. The van der Waals surface area contributed by atoms with E-state index in [1.807, 2.05) is 25.1 Å². The minimum atomic E-state index is -0.297. The molecule has 0 bridgehead atoms. The Morgan fingerprint density at radius 1 is 1.43 bits per heavy atom. The molecule has 112 valence electrons. The minimum Gasteiger partial charge on any atom is -0.459 e. The van der Waals surface area contributed by atoms with Crippen molar-refractivity contribution >= 4 is 11.9 Å². The quantitative estimate of drug-likeness (QED) is 0.614. The summed E-state index contributed by atoms with van der Waals surface area (Å²) in [5.74, 6) is -0.571. The molecule has 1 aliphatic heterocycles. The molecule has 0 aliphatic carbocycles. The van der Waals surface area contributed by atoms with Gasteiger partial charge in [-0.1, -0.05) is 24.3 Å². The maximum Gasteiger partial charge on any atom is 0.339 e. The second-order valence-electron chi connectivity index (χ2n) is 5.25. The molecule has 2 rings (SSSR count). The number of allylic oxidation sites excluding steroid dienone is 1. The highest BCUT2D eigenvalue weighted by Crippen LogP contribution is 2.34. The molecule has 0 saturated carbocycles. The Kier molecular flexibility index (Phi) is 4.78. The van der Waals surface area contributed by atoms with Crippen LogP contribution in [0.2, 0.25) is 0 Å². The molecule has 21 heavy (non-hydrogen) atoms. The van der Waals surface area contributed by atoms with Crippen molar-refractivity contribution in [1.82, 2.24) is 0 Å². The molecule has 0 saturated heterocycles. The fraction of sp³-hybridized carbons (Fsp3) is 0.412. The van der Waals surface area contributed by atoms with Gasteiger partial charge in [-0.25, -0.2) is 9.59 Å². The van der Waals surface area contributed by atoms with E-state index in [1.54, 1.807) is 26.0 Å². The standard InChI is InChI=1S/C17H20O4/c1-4-11(2)16(18)20-12(3)9-10-15-13-7-5-6-8-14(13)17(19)21-15/h4-8,12,15H,9-10H2,1-3H3/t12-,15+/m1/s1. The summed E-state index contributed by atoms with van der Waals surface area (Å²) in [7, 11) is 0. The molecule has 0 aromatic heterocycles. The molecule has 1 aromatic rings. The third-order valence-electron chi connectivity index (χ3n) is 3.68. The summed E-state index contributed by atoms with van der Waals surface area (Å²) >= 11 is 0. The van der Waals surface area contributed by atoms with E-state index in [9.17, 15) is 9.59 Å². The van der Waals surface area contributed by atoms with E-state index in [2.05, 4.69) is 0 Å². The van der Waals surface area contributed by atoms with Gasteiger partial charge in [0.1, 0.15) is 6.10 Å². The van der Waals surface area contributed by atoms with E-state index in [1.165, 1.54) is 0 Å². The second-order valence-corrected chi connectivity index (χ2v) is 5.25. The first kappa shape index (κ1) is 15.3. The molecule has 1 aromatic carbocycles. The number of hydrogen-bond acceptors (Lipinski definition) is 4. The first-order valence-corrected chi connectivity index (χ1v) is 7.16. The van der Waals surface area contributed by atoms with Gasteiger partial charge in [-0.3, -0.25) is 0 Å². The number of esters is 2. The Morgan fingerprint density at radius 3 is 2.86 bits per heavy atom. The summed E-state index contributed by atoms with van der Waals surface area (Å²) in [6.07, 6.45) is 2.57. The van der Waals surface area contributed by atoms with E-state index < -0.39 is 0 Å². The lowest BCUT2D eigenvalue weighted by atomic mass is 10.0. The maximum absolute atomic E-state index is 11.7. The van der Waals surface area contributed by atoms with Crippen LogP contribution in [-0.2, 0) is 14.3 Å². The van der Waals surface area contributed by atoms with Crippen molar-refractivity contribution in [2.75, 3.05) is 0 Å². The van der Waals surface area contributed by atoms with Crippen LogP contribution in [0.3, 0.4) is 0 Å². The average Bonchev–Trinajstić information content (AvgIpc) is 2.81. The third kappa shape index (κ3) is 3.51. The Balaban J connectivity index is 1.90. The smallest absolute Gasteiger partial charge is 0.339 e. The number of fused-ring (bicyclic) bond motifs is 1. The van der Waals surface area contributed by atoms with Crippen molar-refractivity contribution < 1.29 is 19.1 Å². The number of benzene rings is 1. The summed E-state index contributed by atoms with van der Waals surface area (Å²) in [6.45, 7) is 5.38. The summed E-state index contributed by atoms with van der Waals surface area (Å²) in [4.78, 5) is 23.4. The zero-order chi connectivity index (χ0) is 15.4. The highest BCUT2D eigenvalue weighted by Gasteiger charge is 2.30. The number of rotatable bonds is 5. The van der Waals surface area contributed by atoms with E-state index in [0.29, 0.717) is 24.0 Å². The molecule has 2 atom stereocenters. The summed E-state index contributed by atoms with van der Waals surface area (Å²) in [5.41, 5.74) is 2.15. The van der Waals surface area contributed by atoms with Crippen LogP contribution in [0, 0.1) is 0 Å². The van der Waals surface area contributed by atoms with Crippen molar-refractivity contribution in [1.29, 1.82) is 0 Å². The van der Waals surface area contributed by atoms with Crippen molar-refractivity contribution in [3.8, 4) is 0 Å². The summed E-state index contributed by atoms with van der Waals surface area (Å²) in [6, 6.07) is 7.40. The van der Waals surface area contributed by atoms with Gasteiger partial charge in [0.15, 0.2) is 0 Å². The molecule has 1 heterocycles. The normalized spacial score (nSPS) is 18.9. The van der Waals surface area contributed by atoms with Gasteiger partial charge in [-0.15, -0.1) is 0 Å². The number of ether oxygens (including phenoxy) is 2. The molecular formula is C17H20O4. The molecule has 0 fully saturated rings. The van der Waals surface area contributed by atoms with Crippen molar-refractivity contribution in [3.63, 3.8) is 0 Å². The van der Waals surface area contributed by atoms with Gasteiger partial charge in [0.25, 0.3) is 0 Å². The minimum absolute atomic E-state index is 0.209. The van der Waals surface area contributed by atoms with Crippen LogP contribution in [0.25, 0.3) is 0 Å². The number of carbonyl (C=O) groups is 2. The van der Waals surface area contributed by atoms with Gasteiger partial charge in [-0.2, -0.15) is 0 Å². The molecule has 0 radical (unpaired) electrons. The highest BCUT2D eigenvalue weighted by molar-refractivity contribution is 5.93. The molecule has 1 aliphatic rings. The van der Waals surface area contributed by atoms with Gasteiger partial charge >= 0.3 is 11.9 Å². The summed E-state index contributed by atoms with van der Waals surface area (Å²) in [5, 5.41) is 0. The SMILES string of the molecule is CC=C(C)C(=O)O[C@H](C)CC[C@@H]1OC(=O)c2ccccc21. The zero-order valence-electron chi connectivity index (χ0n) is 12.6. The monoisotopic (exact) mass is 288 g/mol. The van der Waals surface area contributed by atoms with E-state index in [4.69, 9.17) is 9.47 Å². The largest absolute Gasteiger partial charge is 0.459 e. The predicted octanol–water partition coefficient (Wildman–Crippen LogP) is 3.58. The lowest BCUT2D eigenvalue weighted by molar-refractivity contribution is -0.143. The van der Waals surface area contributed by atoms with Gasteiger partial charge in [-0.05, 0) is 39.7 Å². The Morgan fingerprint density at radius 2 is 2.14 bits per heavy atom. The van der Waals surface area contributed by atoms with Crippen LogP contribution in [0.5, 0.6) is 0 Å². The van der Waals surface area contributed by atoms with Crippen LogP contribution in [0.15, 0.2) is 35.9 Å². The van der Waals surface area contributed by atoms with Crippen LogP contribution in [0.1, 0.15) is 55.6 Å². The molecular weight excluding hydrogens is 268 g/mol. The first-order chi connectivity index (χ1) is 10.0. The Bertz CT molecular complexity index is 574. The van der Waals surface area contributed by atoms with Gasteiger partial charge < -0.3 is 9.47 Å². The van der Waals surface area contributed by atoms with Crippen molar-refractivity contribution in [2.45, 2.75) is 45.8 Å². The second kappa shape index (κ2) is 6.57. The first-order valence-electron chi connectivity index (χ1n) is 7.16. The number of cyclic esters (lactones) is 1. The van der Waals surface area contributed by atoms with E-state index in [0.717, 1.165) is 5.56 Å². The van der Waals surface area contributed by atoms with Crippen LogP contribution >= 0.6 is 0 Å². The fourth-order valence-corrected chi connectivity index (χ4v) is 2.27. The van der Waals surface area contributed by atoms with Gasteiger partial charge in [0.2, 0.25) is 0 Å². The number of hydrogen-bond donors (Lipinski definition) is 0. The third-order valence-corrected chi connectivity index (χ3v) is 3.68. The fourth-order valence-electron chi connectivity index (χ4n) is 2.27.